The molecule has 6 nitrogen and oxygen atoms in total. The summed E-state index contributed by atoms with van der Waals surface area (Å²) in [5.74, 6) is 0.359. The highest BCUT2D eigenvalue weighted by Crippen LogP contribution is 2.23. The lowest BCUT2D eigenvalue weighted by molar-refractivity contribution is -0.135. The molecule has 158 valence electrons. The Morgan fingerprint density at radius 1 is 1.21 bits per heavy atom. The Labute approximate surface area is 176 Å². The second-order valence-electron chi connectivity index (χ2n) is 7.57. The number of hydrogen-bond donors (Lipinski definition) is 1. The van der Waals surface area contributed by atoms with Crippen LogP contribution in [-0.2, 0) is 20.7 Å². The van der Waals surface area contributed by atoms with Gasteiger partial charge in [-0.15, -0.1) is 11.3 Å². The minimum Gasteiger partial charge on any atom is -0.385 e. The molecule has 2 heterocycles. The van der Waals surface area contributed by atoms with Crippen LogP contribution in [0.25, 0.3) is 10.2 Å². The van der Waals surface area contributed by atoms with E-state index in [4.69, 9.17) is 4.74 Å². The molecule has 0 saturated carbocycles. The van der Waals surface area contributed by atoms with Crippen molar-refractivity contribution in [3.63, 3.8) is 0 Å². The van der Waals surface area contributed by atoms with Gasteiger partial charge in [-0.05, 0) is 50.7 Å². The maximum absolute atomic E-state index is 12.5. The van der Waals surface area contributed by atoms with E-state index in [1.807, 2.05) is 23.1 Å². The third kappa shape index (κ3) is 6.51. The van der Waals surface area contributed by atoms with Crippen LogP contribution in [0, 0.1) is 5.92 Å². The minimum absolute atomic E-state index is 0.0284. The van der Waals surface area contributed by atoms with Crippen molar-refractivity contribution in [3.8, 4) is 0 Å². The minimum atomic E-state index is 0.0284. The number of benzene rings is 1. The number of methoxy groups -OCH3 is 1. The van der Waals surface area contributed by atoms with Crippen molar-refractivity contribution in [2.45, 2.75) is 44.9 Å². The van der Waals surface area contributed by atoms with Crippen molar-refractivity contribution in [3.05, 3.63) is 29.3 Å². The molecule has 2 amide bonds. The number of unbranched alkanes of at least 4 members (excludes halogenated alkanes) is 1. The number of para-hydroxylation sites is 1. The van der Waals surface area contributed by atoms with Crippen molar-refractivity contribution in [2.24, 2.45) is 5.92 Å². The molecule has 7 heteroatoms. The summed E-state index contributed by atoms with van der Waals surface area (Å²) in [5, 5.41) is 4.12. The molecule has 0 spiro atoms. The van der Waals surface area contributed by atoms with Crippen molar-refractivity contribution >= 4 is 33.4 Å². The zero-order valence-corrected chi connectivity index (χ0v) is 18.0. The molecule has 3 rings (SSSR count). The number of carbonyl (C=O) groups excluding carboxylic acids is 2. The number of hydrogen-bond acceptors (Lipinski definition) is 5. The number of rotatable bonds is 10. The van der Waals surface area contributed by atoms with Crippen LogP contribution >= 0.6 is 11.3 Å². The number of nitrogens with one attached hydrogen (secondary N) is 1. The highest BCUT2D eigenvalue weighted by Gasteiger charge is 2.26. The molecule has 1 aliphatic rings. The topological polar surface area (TPSA) is 71.5 Å². The summed E-state index contributed by atoms with van der Waals surface area (Å²) in [6.45, 7) is 2.69. The second-order valence-corrected chi connectivity index (χ2v) is 8.69. The van der Waals surface area contributed by atoms with E-state index in [0.717, 1.165) is 49.0 Å². The number of thiazole rings is 1. The summed E-state index contributed by atoms with van der Waals surface area (Å²) in [6.07, 6.45) is 5.72. The monoisotopic (exact) mass is 417 g/mol. The van der Waals surface area contributed by atoms with Gasteiger partial charge < -0.3 is 15.0 Å². The molecule has 0 unspecified atom stereocenters. The molecule has 1 fully saturated rings. The average Bonchev–Trinajstić information content (AvgIpc) is 3.17. The molecular weight excluding hydrogens is 386 g/mol. The standard InChI is InChI=1S/C22H31N3O3S/c1-28-16-6-13-23-22(27)17-11-14-25(15-12-17)21(26)10-5-4-9-20-24-18-7-2-3-8-19(18)29-20/h2-3,7-8,17H,4-6,9-16H2,1H3,(H,23,27). The van der Waals surface area contributed by atoms with Crippen LogP contribution in [0.15, 0.2) is 24.3 Å². The van der Waals surface area contributed by atoms with Crippen LogP contribution in [0.4, 0.5) is 0 Å². The van der Waals surface area contributed by atoms with Crippen LogP contribution in [0.5, 0.6) is 0 Å². The number of fused-ring (bicyclic) bond motifs is 1. The van der Waals surface area contributed by atoms with Crippen LogP contribution in [0.3, 0.4) is 0 Å². The Morgan fingerprint density at radius 2 is 2.00 bits per heavy atom. The quantitative estimate of drug-likeness (QED) is 0.602. The van der Waals surface area contributed by atoms with E-state index < -0.39 is 0 Å². The van der Waals surface area contributed by atoms with Crippen LogP contribution < -0.4 is 5.32 Å². The first-order valence-electron chi connectivity index (χ1n) is 10.6. The Balaban J connectivity index is 1.31. The van der Waals surface area contributed by atoms with Crippen molar-refractivity contribution in [1.82, 2.24) is 15.2 Å². The van der Waals surface area contributed by atoms with Gasteiger partial charge in [-0.25, -0.2) is 4.98 Å². The largest absolute Gasteiger partial charge is 0.385 e. The number of carbonyl (C=O) groups is 2. The normalized spacial score (nSPS) is 15.0. The van der Waals surface area contributed by atoms with Crippen molar-refractivity contribution < 1.29 is 14.3 Å². The SMILES string of the molecule is COCCCNC(=O)C1CCN(C(=O)CCCCc2nc3ccccc3s2)CC1. The lowest BCUT2D eigenvalue weighted by Gasteiger charge is -2.31. The lowest BCUT2D eigenvalue weighted by Crippen LogP contribution is -2.43. The number of aryl methyl sites for hydroxylation is 1. The van der Waals surface area contributed by atoms with E-state index in [2.05, 4.69) is 16.4 Å². The van der Waals surface area contributed by atoms with E-state index in [1.54, 1.807) is 18.4 Å². The van der Waals surface area contributed by atoms with Gasteiger partial charge in [-0.3, -0.25) is 9.59 Å². The highest BCUT2D eigenvalue weighted by atomic mass is 32.1. The van der Waals surface area contributed by atoms with Gasteiger partial charge >= 0.3 is 0 Å². The number of amides is 2. The van der Waals surface area contributed by atoms with Gasteiger partial charge in [0.2, 0.25) is 11.8 Å². The third-order valence-corrected chi connectivity index (χ3v) is 6.51. The van der Waals surface area contributed by atoms with Gasteiger partial charge in [-0.2, -0.15) is 0 Å². The molecule has 0 bridgehead atoms. The Morgan fingerprint density at radius 3 is 2.76 bits per heavy atom. The van der Waals surface area contributed by atoms with Gasteiger partial charge in [0, 0.05) is 45.7 Å². The molecule has 29 heavy (non-hydrogen) atoms. The Bertz CT molecular complexity index is 766. The van der Waals surface area contributed by atoms with Crippen molar-refractivity contribution in [1.29, 1.82) is 0 Å². The lowest BCUT2D eigenvalue weighted by atomic mass is 9.95. The second kappa shape index (κ2) is 11.3. The van der Waals surface area contributed by atoms with E-state index >= 15 is 0 Å². The molecule has 1 aliphatic heterocycles. The smallest absolute Gasteiger partial charge is 0.223 e. The number of likely N-dealkylation sites (tertiary alicyclic amines) is 1. The van der Waals surface area contributed by atoms with Gasteiger partial charge in [0.05, 0.1) is 15.2 Å². The molecule has 2 aromatic rings. The predicted octanol–water partition coefficient (Wildman–Crippen LogP) is 3.40. The molecule has 1 saturated heterocycles. The van der Waals surface area contributed by atoms with Crippen LogP contribution in [0.2, 0.25) is 0 Å². The van der Waals surface area contributed by atoms with Gasteiger partial charge in [-0.1, -0.05) is 12.1 Å². The summed E-state index contributed by atoms with van der Waals surface area (Å²) < 4.78 is 6.22. The molecule has 0 aliphatic carbocycles. The van der Waals surface area contributed by atoms with Crippen LogP contribution in [-0.4, -0.2) is 55.0 Å². The molecular formula is C22H31N3O3S. The first-order chi connectivity index (χ1) is 14.2. The van der Waals surface area contributed by atoms with Crippen LogP contribution in [0.1, 0.15) is 43.5 Å². The summed E-state index contributed by atoms with van der Waals surface area (Å²) in [7, 11) is 1.66. The predicted molar refractivity (Wildman–Crippen MR) is 116 cm³/mol. The maximum Gasteiger partial charge on any atom is 0.223 e. The van der Waals surface area contributed by atoms with Gasteiger partial charge in [0.1, 0.15) is 0 Å². The number of piperidine rings is 1. The first-order valence-corrected chi connectivity index (χ1v) is 11.4. The average molecular weight is 418 g/mol. The third-order valence-electron chi connectivity index (χ3n) is 5.41. The van der Waals surface area contributed by atoms with E-state index in [9.17, 15) is 9.59 Å². The molecule has 0 radical (unpaired) electrons. The van der Waals surface area contributed by atoms with E-state index in [0.29, 0.717) is 32.7 Å². The summed E-state index contributed by atoms with van der Waals surface area (Å²) in [6, 6.07) is 8.20. The maximum atomic E-state index is 12.5. The van der Waals surface area contributed by atoms with Gasteiger partial charge in [0.25, 0.3) is 0 Å². The summed E-state index contributed by atoms with van der Waals surface area (Å²) >= 11 is 1.74. The fourth-order valence-corrected chi connectivity index (χ4v) is 4.71. The highest BCUT2D eigenvalue weighted by molar-refractivity contribution is 7.18. The number of ether oxygens (including phenoxy) is 1. The molecule has 1 aromatic carbocycles. The molecule has 0 atom stereocenters. The Hall–Kier alpha value is -1.99. The number of aromatic nitrogens is 1. The Kier molecular flexibility index (Phi) is 8.43. The number of nitrogens with zero attached hydrogens (tertiary/aromatic N) is 2. The first kappa shape index (κ1) is 21.7. The zero-order valence-electron chi connectivity index (χ0n) is 17.2. The fourth-order valence-electron chi connectivity index (χ4n) is 3.70. The zero-order chi connectivity index (χ0) is 20.5. The summed E-state index contributed by atoms with van der Waals surface area (Å²) in [4.78, 5) is 31.2. The van der Waals surface area contributed by atoms with Crippen molar-refractivity contribution in [2.75, 3.05) is 33.4 Å². The van der Waals surface area contributed by atoms with Gasteiger partial charge in [0.15, 0.2) is 0 Å². The van der Waals surface area contributed by atoms with E-state index in [1.165, 1.54) is 4.70 Å². The molecule has 1 aromatic heterocycles. The molecule has 1 N–H and O–H groups in total. The van der Waals surface area contributed by atoms with E-state index in [-0.39, 0.29) is 17.7 Å². The summed E-state index contributed by atoms with van der Waals surface area (Å²) in [5.41, 5.74) is 1.06. The fraction of sp³-hybridized carbons (Fsp3) is 0.591.